The van der Waals surface area contributed by atoms with E-state index < -0.39 is 5.97 Å². The summed E-state index contributed by atoms with van der Waals surface area (Å²) in [6.07, 6.45) is 1.76. The zero-order valence-electron chi connectivity index (χ0n) is 16.3. The lowest BCUT2D eigenvalue weighted by Gasteiger charge is -2.05. The number of carboxylic acid groups (broad SMARTS) is 1. The second kappa shape index (κ2) is 8.89. The average molecular weight is 430 g/mol. The first-order chi connectivity index (χ1) is 15.0. The molecular formula is C24H18N2O4S. The molecule has 0 saturated carbocycles. The quantitative estimate of drug-likeness (QED) is 0.505. The largest absolute Gasteiger partial charge is 0.508 e. The van der Waals surface area contributed by atoms with E-state index in [4.69, 9.17) is 5.11 Å². The van der Waals surface area contributed by atoms with E-state index in [2.05, 4.69) is 10.3 Å². The zero-order chi connectivity index (χ0) is 21.8. The topological polar surface area (TPSA) is 99.0 Å². The third-order valence-corrected chi connectivity index (χ3v) is 5.49. The van der Waals surface area contributed by atoms with Crippen LogP contribution in [0.3, 0.4) is 0 Å². The fraction of sp³-hybridized carbons (Fsp3) is 0.0417. The number of hydrogen-bond acceptors (Lipinski definition) is 5. The van der Waals surface area contributed by atoms with Gasteiger partial charge in [0.05, 0.1) is 11.3 Å². The maximum atomic E-state index is 12.3. The number of nitrogens with one attached hydrogen (secondary N) is 1. The van der Waals surface area contributed by atoms with Gasteiger partial charge in [-0.05, 0) is 64.4 Å². The number of carboxylic acids is 1. The minimum atomic E-state index is -0.882. The molecule has 31 heavy (non-hydrogen) atoms. The van der Waals surface area contributed by atoms with Gasteiger partial charge in [-0.25, -0.2) is 0 Å². The van der Waals surface area contributed by atoms with Gasteiger partial charge in [-0.3, -0.25) is 9.59 Å². The van der Waals surface area contributed by atoms with Crippen molar-refractivity contribution in [3.8, 4) is 16.9 Å². The molecule has 0 atom stereocenters. The fourth-order valence-electron chi connectivity index (χ4n) is 3.04. The number of rotatable bonds is 5. The number of phenols is 1. The number of anilines is 1. The highest BCUT2D eigenvalue weighted by Crippen LogP contribution is 2.30. The van der Waals surface area contributed by atoms with Gasteiger partial charge in [-0.1, -0.05) is 48.5 Å². The van der Waals surface area contributed by atoms with Gasteiger partial charge in [0.2, 0.25) is 0 Å². The molecule has 0 aromatic heterocycles. The van der Waals surface area contributed by atoms with Crippen LogP contribution in [-0.4, -0.2) is 27.3 Å². The van der Waals surface area contributed by atoms with Crippen LogP contribution in [0.2, 0.25) is 0 Å². The molecule has 0 fully saturated rings. The van der Waals surface area contributed by atoms with Crippen molar-refractivity contribution in [1.82, 2.24) is 0 Å². The molecule has 3 aromatic rings. The van der Waals surface area contributed by atoms with Crippen LogP contribution in [0.1, 0.15) is 11.1 Å². The van der Waals surface area contributed by atoms with Crippen molar-refractivity contribution in [3.05, 3.63) is 88.8 Å². The Hall–Kier alpha value is -3.84. The molecule has 7 heteroatoms. The summed E-state index contributed by atoms with van der Waals surface area (Å²) in [5.41, 5.74) is 4.32. The SMILES string of the molecule is O=C(O)Cc1ccc(NC2=NC(=O)C(=Cc3ccc(-c4ccc(O)cc4)cc3)S2)cc1. The van der Waals surface area contributed by atoms with E-state index in [0.29, 0.717) is 15.6 Å². The molecule has 0 aliphatic carbocycles. The molecule has 0 radical (unpaired) electrons. The Balaban J connectivity index is 1.41. The number of aliphatic carboxylic acids is 1. The van der Waals surface area contributed by atoms with Gasteiger partial charge in [0.15, 0.2) is 5.17 Å². The monoisotopic (exact) mass is 430 g/mol. The number of aliphatic imine (C=N–C) groups is 1. The van der Waals surface area contributed by atoms with Crippen molar-refractivity contribution in [2.24, 2.45) is 4.99 Å². The van der Waals surface area contributed by atoms with E-state index in [-0.39, 0.29) is 18.1 Å². The minimum Gasteiger partial charge on any atom is -0.508 e. The van der Waals surface area contributed by atoms with Gasteiger partial charge in [-0.15, -0.1) is 0 Å². The first kappa shape index (κ1) is 20.4. The van der Waals surface area contributed by atoms with Crippen LogP contribution in [0.5, 0.6) is 5.75 Å². The Morgan fingerprint density at radius 1 is 0.935 bits per heavy atom. The fourth-order valence-corrected chi connectivity index (χ4v) is 3.88. The van der Waals surface area contributed by atoms with Crippen LogP contribution in [0.4, 0.5) is 5.69 Å². The summed E-state index contributed by atoms with van der Waals surface area (Å²) in [7, 11) is 0. The summed E-state index contributed by atoms with van der Waals surface area (Å²) in [4.78, 5) is 27.6. The molecule has 154 valence electrons. The van der Waals surface area contributed by atoms with Gasteiger partial charge in [0.25, 0.3) is 5.91 Å². The molecule has 1 aliphatic rings. The molecule has 0 bridgehead atoms. The average Bonchev–Trinajstić information content (AvgIpc) is 3.09. The predicted molar refractivity (Wildman–Crippen MR) is 123 cm³/mol. The number of phenolic OH excluding ortho intramolecular Hbond substituents is 1. The van der Waals surface area contributed by atoms with E-state index in [9.17, 15) is 14.7 Å². The summed E-state index contributed by atoms with van der Waals surface area (Å²) < 4.78 is 0. The number of carbonyl (C=O) groups is 2. The van der Waals surface area contributed by atoms with Gasteiger partial charge in [0.1, 0.15) is 5.75 Å². The molecule has 0 saturated heterocycles. The number of amidine groups is 1. The third-order valence-electron chi connectivity index (χ3n) is 4.59. The molecule has 4 rings (SSSR count). The van der Waals surface area contributed by atoms with Crippen LogP contribution >= 0.6 is 11.8 Å². The number of aromatic hydroxyl groups is 1. The summed E-state index contributed by atoms with van der Waals surface area (Å²) in [6.45, 7) is 0. The maximum Gasteiger partial charge on any atom is 0.307 e. The lowest BCUT2D eigenvalue weighted by Crippen LogP contribution is -2.05. The Morgan fingerprint density at radius 3 is 2.16 bits per heavy atom. The van der Waals surface area contributed by atoms with Crippen molar-refractivity contribution < 1.29 is 19.8 Å². The molecule has 1 amide bonds. The number of benzene rings is 3. The summed E-state index contributed by atoms with van der Waals surface area (Å²) in [5.74, 6) is -0.965. The summed E-state index contributed by atoms with van der Waals surface area (Å²) >= 11 is 1.25. The second-order valence-corrected chi connectivity index (χ2v) is 7.92. The Bertz CT molecular complexity index is 1180. The minimum absolute atomic E-state index is 0.0348. The van der Waals surface area contributed by atoms with E-state index in [1.807, 2.05) is 36.4 Å². The van der Waals surface area contributed by atoms with Crippen LogP contribution in [0, 0.1) is 0 Å². The van der Waals surface area contributed by atoms with Crippen molar-refractivity contribution in [1.29, 1.82) is 0 Å². The lowest BCUT2D eigenvalue weighted by molar-refractivity contribution is -0.136. The Kier molecular flexibility index (Phi) is 5.86. The number of nitrogens with zero attached hydrogens (tertiary/aromatic N) is 1. The van der Waals surface area contributed by atoms with Gasteiger partial charge < -0.3 is 15.5 Å². The number of carbonyl (C=O) groups excluding carboxylic acids is 1. The van der Waals surface area contributed by atoms with Crippen molar-refractivity contribution >= 4 is 40.6 Å². The zero-order valence-corrected chi connectivity index (χ0v) is 17.1. The van der Waals surface area contributed by atoms with E-state index in [1.54, 1.807) is 42.5 Å². The number of thioether (sulfide) groups is 1. The molecular weight excluding hydrogens is 412 g/mol. The molecule has 1 heterocycles. The molecule has 6 nitrogen and oxygen atoms in total. The van der Waals surface area contributed by atoms with Crippen LogP contribution in [0.25, 0.3) is 17.2 Å². The number of amides is 1. The molecule has 3 aromatic carbocycles. The van der Waals surface area contributed by atoms with Crippen molar-refractivity contribution in [3.63, 3.8) is 0 Å². The van der Waals surface area contributed by atoms with Gasteiger partial charge >= 0.3 is 5.97 Å². The number of hydrogen-bond donors (Lipinski definition) is 3. The molecule has 1 aliphatic heterocycles. The first-order valence-corrected chi connectivity index (χ1v) is 10.3. The molecule has 3 N–H and O–H groups in total. The lowest BCUT2D eigenvalue weighted by atomic mass is 10.0. The second-order valence-electron chi connectivity index (χ2n) is 6.89. The standard InChI is InChI=1S/C24H18N2O4S/c27-20-11-7-18(8-12-20)17-5-1-15(2-6-17)13-21-23(30)26-24(31-21)25-19-9-3-16(4-10-19)14-22(28)29/h1-13,27H,14H2,(H,28,29)(H,25,26,30). The third kappa shape index (κ3) is 5.21. The van der Waals surface area contributed by atoms with Crippen molar-refractivity contribution in [2.75, 3.05) is 5.32 Å². The maximum absolute atomic E-state index is 12.3. The predicted octanol–water partition coefficient (Wildman–Crippen LogP) is 4.77. The Morgan fingerprint density at radius 2 is 1.55 bits per heavy atom. The van der Waals surface area contributed by atoms with Gasteiger partial charge in [-0.2, -0.15) is 4.99 Å². The first-order valence-electron chi connectivity index (χ1n) is 9.46. The van der Waals surface area contributed by atoms with E-state index in [1.165, 1.54) is 11.8 Å². The highest BCUT2D eigenvalue weighted by atomic mass is 32.2. The van der Waals surface area contributed by atoms with Gasteiger partial charge in [0, 0.05) is 5.69 Å². The highest BCUT2D eigenvalue weighted by Gasteiger charge is 2.22. The molecule has 0 unspecified atom stereocenters. The van der Waals surface area contributed by atoms with Crippen LogP contribution < -0.4 is 5.32 Å². The van der Waals surface area contributed by atoms with E-state index >= 15 is 0 Å². The van der Waals surface area contributed by atoms with E-state index in [0.717, 1.165) is 22.4 Å². The Labute approximate surface area is 183 Å². The summed E-state index contributed by atoms with van der Waals surface area (Å²) in [5, 5.41) is 21.8. The van der Waals surface area contributed by atoms with Crippen molar-refractivity contribution in [2.45, 2.75) is 6.42 Å². The van der Waals surface area contributed by atoms with Crippen LogP contribution in [-0.2, 0) is 16.0 Å². The normalized spacial score (nSPS) is 14.5. The van der Waals surface area contributed by atoms with Crippen LogP contribution in [0.15, 0.2) is 82.7 Å². The molecule has 0 spiro atoms. The summed E-state index contributed by atoms with van der Waals surface area (Å²) in [6, 6.07) is 21.7. The highest BCUT2D eigenvalue weighted by molar-refractivity contribution is 8.18. The smallest absolute Gasteiger partial charge is 0.307 e.